The Morgan fingerprint density at radius 1 is 0.909 bits per heavy atom. The molecule has 0 aromatic heterocycles. The van der Waals surface area contributed by atoms with Crippen LogP contribution in [-0.2, 0) is 9.59 Å². The van der Waals surface area contributed by atoms with Gasteiger partial charge in [0.1, 0.15) is 0 Å². The van der Waals surface area contributed by atoms with Gasteiger partial charge in [0.25, 0.3) is 0 Å². The molecule has 0 saturated carbocycles. The van der Waals surface area contributed by atoms with E-state index >= 15 is 0 Å². The summed E-state index contributed by atoms with van der Waals surface area (Å²) in [5, 5.41) is 16.3. The largest absolute Gasteiger partial charge is 0.481 e. The third-order valence-corrected chi connectivity index (χ3v) is 1.03. The number of hydrogen-bond acceptors (Lipinski definition) is 2. The summed E-state index contributed by atoms with van der Waals surface area (Å²) in [5.74, 6) is -1.74. The van der Waals surface area contributed by atoms with Crippen molar-refractivity contribution >= 4 is 57.4 Å². The van der Waals surface area contributed by atoms with Gasteiger partial charge in [-0.3, -0.25) is 9.59 Å². The Morgan fingerprint density at radius 3 is 1.36 bits per heavy atom. The van der Waals surface area contributed by atoms with Gasteiger partial charge >= 0.3 is 11.9 Å². The molecule has 0 aromatic carbocycles. The summed E-state index contributed by atoms with van der Waals surface area (Å²) in [5.41, 5.74) is 0. The van der Waals surface area contributed by atoms with Crippen molar-refractivity contribution in [3.8, 4) is 0 Å². The van der Waals surface area contributed by atoms with Crippen LogP contribution < -0.4 is 0 Å². The summed E-state index contributed by atoms with van der Waals surface area (Å²) >= 11 is 0. The molecule has 0 amide bonds. The van der Waals surface area contributed by atoms with E-state index in [2.05, 4.69) is 0 Å². The second-order valence-electron chi connectivity index (χ2n) is 1.99. The first-order valence-corrected chi connectivity index (χ1v) is 3.06. The van der Waals surface area contributed by atoms with Crippen LogP contribution in [0.1, 0.15) is 25.7 Å². The molecule has 0 aliphatic rings. The van der Waals surface area contributed by atoms with Gasteiger partial charge in [0.2, 0.25) is 0 Å². The monoisotopic (exact) mass is 234 g/mol. The van der Waals surface area contributed by atoms with Crippen LogP contribution in [0.3, 0.4) is 0 Å². The number of unbranched alkanes of at least 4 members (excludes halogenated alkanes) is 1. The van der Waals surface area contributed by atoms with Crippen LogP contribution in [-0.4, -0.2) is 67.6 Å². The Labute approximate surface area is 102 Å². The van der Waals surface area contributed by atoms with Gasteiger partial charge in [0, 0.05) is 58.3 Å². The van der Waals surface area contributed by atoms with Crippen molar-refractivity contribution < 1.29 is 19.8 Å². The normalized spacial score (nSPS) is 8.36. The quantitative estimate of drug-likeness (QED) is 0.530. The number of rotatable bonds is 5. The minimum Gasteiger partial charge on any atom is -0.481 e. The van der Waals surface area contributed by atoms with E-state index in [1.165, 1.54) is 0 Å². The zero-order valence-electron chi connectivity index (χ0n) is 6.25. The van der Waals surface area contributed by atoms with E-state index in [1.54, 1.807) is 0 Å². The molecule has 5 heteroatoms. The fourth-order valence-electron chi connectivity index (χ4n) is 0.552. The minimum absolute atomic E-state index is 0. The fourth-order valence-corrected chi connectivity index (χ4v) is 0.552. The van der Waals surface area contributed by atoms with E-state index in [-0.39, 0.29) is 58.3 Å². The Kier molecular flexibility index (Phi) is 10.8. The van der Waals surface area contributed by atoms with Crippen LogP contribution >= 0.6 is 0 Å². The molecule has 0 atom stereocenters. The van der Waals surface area contributed by atoms with Crippen LogP contribution in [0, 0.1) is 0 Å². The molecule has 0 fully saturated rings. The van der Waals surface area contributed by atoms with Gasteiger partial charge < -0.3 is 10.2 Å². The third-order valence-electron chi connectivity index (χ3n) is 1.03. The summed E-state index contributed by atoms with van der Waals surface area (Å²) < 4.78 is 0. The summed E-state index contributed by atoms with van der Waals surface area (Å²) in [7, 11) is 0. The number of aliphatic carboxylic acids is 2. The van der Waals surface area contributed by atoms with Gasteiger partial charge in [0.15, 0.2) is 0 Å². The van der Waals surface area contributed by atoms with Crippen molar-refractivity contribution in [3.05, 3.63) is 0 Å². The molecular weight excluding hydrogens is 224 g/mol. The smallest absolute Gasteiger partial charge is 0.303 e. The maximum Gasteiger partial charge on any atom is 0.303 e. The topological polar surface area (TPSA) is 74.6 Å². The van der Waals surface area contributed by atoms with Crippen molar-refractivity contribution in [2.24, 2.45) is 0 Å². The second kappa shape index (κ2) is 8.52. The molecule has 2 radical (unpaired) electrons. The summed E-state index contributed by atoms with van der Waals surface area (Å²) in [6.07, 6.45) is 1.02. The van der Waals surface area contributed by atoms with Crippen molar-refractivity contribution in [1.29, 1.82) is 0 Å². The number of carboxylic acid groups (broad SMARTS) is 2. The van der Waals surface area contributed by atoms with E-state index in [9.17, 15) is 9.59 Å². The van der Waals surface area contributed by atoms with E-state index in [0.29, 0.717) is 12.8 Å². The molecule has 0 unspecified atom stereocenters. The van der Waals surface area contributed by atoms with Gasteiger partial charge in [0.05, 0.1) is 0 Å². The van der Waals surface area contributed by atoms with Crippen molar-refractivity contribution in [2.75, 3.05) is 0 Å². The second-order valence-corrected chi connectivity index (χ2v) is 1.99. The van der Waals surface area contributed by atoms with Crippen molar-refractivity contribution in [3.63, 3.8) is 0 Å². The fraction of sp³-hybridized carbons (Fsp3) is 0.667. The number of carbonyl (C=O) groups is 2. The molecule has 0 aliphatic carbocycles. The Hall–Kier alpha value is 0.421. The Morgan fingerprint density at radius 2 is 1.18 bits per heavy atom. The van der Waals surface area contributed by atoms with Crippen LogP contribution in [0.2, 0.25) is 0 Å². The molecule has 0 spiro atoms. The molecule has 60 valence electrons. The maximum absolute atomic E-state index is 9.90. The summed E-state index contributed by atoms with van der Waals surface area (Å²) in [6.45, 7) is 0. The van der Waals surface area contributed by atoms with Crippen LogP contribution in [0.5, 0.6) is 0 Å². The van der Waals surface area contributed by atoms with Crippen LogP contribution in [0.15, 0.2) is 0 Å². The molecule has 0 bridgehead atoms. The summed E-state index contributed by atoms with van der Waals surface area (Å²) in [4.78, 5) is 19.8. The Bertz CT molecular complexity index is 119. The van der Waals surface area contributed by atoms with E-state index in [0.717, 1.165) is 0 Å². The van der Waals surface area contributed by atoms with Crippen molar-refractivity contribution in [1.82, 2.24) is 0 Å². The molecule has 2 N–H and O–H groups in total. The van der Waals surface area contributed by atoms with Gasteiger partial charge in [-0.2, -0.15) is 0 Å². The first kappa shape index (κ1) is 14.0. The van der Waals surface area contributed by atoms with Gasteiger partial charge in [-0.1, -0.05) is 0 Å². The molecule has 0 rings (SSSR count). The first-order valence-electron chi connectivity index (χ1n) is 3.06. The molecule has 0 aliphatic heterocycles. The molecule has 0 saturated heterocycles. The van der Waals surface area contributed by atoms with Crippen molar-refractivity contribution in [2.45, 2.75) is 25.7 Å². The predicted molar refractivity (Wildman–Crippen MR) is 39.5 cm³/mol. The van der Waals surface area contributed by atoms with E-state index < -0.39 is 11.9 Å². The molecule has 4 nitrogen and oxygen atoms in total. The molecule has 0 aromatic rings. The van der Waals surface area contributed by atoms with Gasteiger partial charge in [-0.25, -0.2) is 0 Å². The molecular formula is C6H10O4Sr. The summed E-state index contributed by atoms with van der Waals surface area (Å²) in [6, 6.07) is 0. The number of hydrogen-bond donors (Lipinski definition) is 2. The zero-order chi connectivity index (χ0) is 7.98. The SMILES string of the molecule is O=C(O)CCCCC(=O)O.[Sr]. The minimum atomic E-state index is -0.870. The van der Waals surface area contributed by atoms with E-state index in [1.807, 2.05) is 0 Å². The van der Waals surface area contributed by atoms with Gasteiger partial charge in [-0.05, 0) is 12.8 Å². The van der Waals surface area contributed by atoms with Crippen LogP contribution in [0.4, 0.5) is 0 Å². The van der Waals surface area contributed by atoms with Crippen LogP contribution in [0.25, 0.3) is 0 Å². The zero-order valence-corrected chi connectivity index (χ0v) is 9.72. The van der Waals surface area contributed by atoms with Gasteiger partial charge in [-0.15, -0.1) is 0 Å². The average Bonchev–Trinajstić information content (AvgIpc) is 1.79. The average molecular weight is 234 g/mol. The Balaban J connectivity index is 0. The number of carboxylic acids is 2. The standard InChI is InChI=1S/C6H10O4.Sr/c7-5(8)3-1-2-4-6(9)10;/h1-4H2,(H,7,8)(H,9,10);. The van der Waals surface area contributed by atoms with E-state index in [4.69, 9.17) is 10.2 Å². The third kappa shape index (κ3) is 13.4. The predicted octanol–water partition coefficient (Wildman–Crippen LogP) is 0.335. The molecule has 0 heterocycles. The molecule has 11 heavy (non-hydrogen) atoms. The first-order chi connectivity index (χ1) is 4.63. The maximum atomic E-state index is 9.90.